The van der Waals surface area contributed by atoms with Crippen LogP contribution in [0, 0.1) is 12.7 Å². The van der Waals surface area contributed by atoms with E-state index in [1.54, 1.807) is 13.2 Å². The largest absolute Gasteiger partial charge is 0.381 e. The highest BCUT2D eigenvalue weighted by atomic mass is 19.1. The number of ether oxygens (including phenoxy) is 1. The summed E-state index contributed by atoms with van der Waals surface area (Å²) in [5.74, 6) is -0.202. The van der Waals surface area contributed by atoms with Crippen molar-refractivity contribution in [1.82, 2.24) is 0 Å². The molecule has 0 unspecified atom stereocenters. The molecule has 0 fully saturated rings. The maximum atomic E-state index is 13.0. The topological polar surface area (TPSA) is 21.3 Å². The molecule has 0 aromatic heterocycles. The highest BCUT2D eigenvalue weighted by Gasteiger charge is 2.00. The van der Waals surface area contributed by atoms with Crippen LogP contribution in [0.1, 0.15) is 16.7 Å². The quantitative estimate of drug-likeness (QED) is 0.879. The molecule has 0 spiro atoms. The van der Waals surface area contributed by atoms with Crippen LogP contribution in [-0.4, -0.2) is 7.11 Å². The summed E-state index contributed by atoms with van der Waals surface area (Å²) in [6, 6.07) is 13.0. The van der Waals surface area contributed by atoms with E-state index in [0.717, 1.165) is 23.4 Å². The van der Waals surface area contributed by atoms with E-state index < -0.39 is 0 Å². The van der Waals surface area contributed by atoms with Gasteiger partial charge in [-0.2, -0.15) is 0 Å². The summed E-state index contributed by atoms with van der Waals surface area (Å²) in [6.45, 7) is 3.25. The Bertz CT molecular complexity index is 537. The Kier molecular flexibility index (Phi) is 4.53. The fourth-order valence-corrected chi connectivity index (χ4v) is 1.94. The molecule has 3 heteroatoms. The van der Waals surface area contributed by atoms with E-state index in [4.69, 9.17) is 4.74 Å². The Morgan fingerprint density at radius 2 is 1.74 bits per heavy atom. The van der Waals surface area contributed by atoms with Crippen molar-refractivity contribution in [2.45, 2.75) is 20.1 Å². The van der Waals surface area contributed by atoms with Crippen molar-refractivity contribution in [1.29, 1.82) is 0 Å². The lowest BCUT2D eigenvalue weighted by Crippen LogP contribution is -2.01. The molecule has 0 aliphatic carbocycles. The maximum Gasteiger partial charge on any atom is 0.123 e. The molecule has 1 N–H and O–H groups in total. The van der Waals surface area contributed by atoms with Crippen LogP contribution in [0.15, 0.2) is 42.5 Å². The van der Waals surface area contributed by atoms with Gasteiger partial charge in [-0.25, -0.2) is 4.39 Å². The third-order valence-corrected chi connectivity index (χ3v) is 3.01. The summed E-state index contributed by atoms with van der Waals surface area (Å²) in [5.41, 5.74) is 4.21. The molecule has 0 saturated heterocycles. The van der Waals surface area contributed by atoms with Gasteiger partial charge in [0, 0.05) is 19.3 Å². The number of halogens is 1. The molecule has 0 saturated carbocycles. The number of rotatable bonds is 5. The first kappa shape index (κ1) is 13.6. The second-order valence-corrected chi connectivity index (χ2v) is 4.56. The molecular weight excluding hydrogens is 241 g/mol. The van der Waals surface area contributed by atoms with Crippen LogP contribution in [0.4, 0.5) is 10.1 Å². The average molecular weight is 259 g/mol. The molecule has 0 bridgehead atoms. The lowest BCUT2D eigenvalue weighted by atomic mass is 10.1. The Morgan fingerprint density at radius 3 is 2.37 bits per heavy atom. The molecule has 0 aliphatic rings. The van der Waals surface area contributed by atoms with Gasteiger partial charge >= 0.3 is 0 Å². The fraction of sp³-hybridized carbons (Fsp3) is 0.250. The normalized spacial score (nSPS) is 10.5. The van der Waals surface area contributed by atoms with Gasteiger partial charge in [-0.05, 0) is 41.8 Å². The first-order valence-electron chi connectivity index (χ1n) is 6.26. The molecular formula is C16H18FNO. The Balaban J connectivity index is 1.98. The first-order valence-corrected chi connectivity index (χ1v) is 6.26. The number of benzene rings is 2. The summed E-state index contributed by atoms with van der Waals surface area (Å²) >= 11 is 0. The molecule has 19 heavy (non-hydrogen) atoms. The van der Waals surface area contributed by atoms with Crippen molar-refractivity contribution >= 4 is 5.69 Å². The van der Waals surface area contributed by atoms with Gasteiger partial charge in [0.25, 0.3) is 0 Å². The SMILES string of the molecule is COCc1ccc(CNc2ccc(F)cc2C)cc1. The summed E-state index contributed by atoms with van der Waals surface area (Å²) in [7, 11) is 1.69. The van der Waals surface area contributed by atoms with Crippen molar-refractivity contribution in [3.05, 3.63) is 65.0 Å². The lowest BCUT2D eigenvalue weighted by Gasteiger charge is -2.10. The number of methoxy groups -OCH3 is 1. The van der Waals surface area contributed by atoms with Gasteiger partial charge in [-0.1, -0.05) is 24.3 Å². The third-order valence-electron chi connectivity index (χ3n) is 3.01. The van der Waals surface area contributed by atoms with E-state index in [1.807, 2.05) is 6.92 Å². The van der Waals surface area contributed by atoms with Crippen LogP contribution in [0.3, 0.4) is 0 Å². The zero-order valence-corrected chi connectivity index (χ0v) is 11.2. The van der Waals surface area contributed by atoms with Gasteiger partial charge < -0.3 is 10.1 Å². The monoisotopic (exact) mass is 259 g/mol. The fourth-order valence-electron chi connectivity index (χ4n) is 1.94. The number of nitrogens with one attached hydrogen (secondary N) is 1. The molecule has 0 radical (unpaired) electrons. The average Bonchev–Trinajstić information content (AvgIpc) is 2.40. The van der Waals surface area contributed by atoms with Crippen LogP contribution in [0.5, 0.6) is 0 Å². The minimum atomic E-state index is -0.202. The molecule has 0 heterocycles. The predicted octanol–water partition coefficient (Wildman–Crippen LogP) is 3.89. The van der Waals surface area contributed by atoms with Gasteiger partial charge in [0.2, 0.25) is 0 Å². The highest BCUT2D eigenvalue weighted by Crippen LogP contribution is 2.17. The summed E-state index contributed by atoms with van der Waals surface area (Å²) in [4.78, 5) is 0. The van der Waals surface area contributed by atoms with E-state index in [9.17, 15) is 4.39 Å². The second-order valence-electron chi connectivity index (χ2n) is 4.56. The van der Waals surface area contributed by atoms with Crippen LogP contribution < -0.4 is 5.32 Å². The molecule has 100 valence electrons. The zero-order valence-electron chi connectivity index (χ0n) is 11.2. The number of aryl methyl sites for hydroxylation is 1. The number of anilines is 1. The van der Waals surface area contributed by atoms with Gasteiger partial charge in [-0.3, -0.25) is 0 Å². The minimum absolute atomic E-state index is 0.202. The first-order chi connectivity index (χ1) is 9.19. The summed E-state index contributed by atoms with van der Waals surface area (Å²) in [6.07, 6.45) is 0. The van der Waals surface area contributed by atoms with E-state index in [2.05, 4.69) is 29.6 Å². The number of hydrogen-bond acceptors (Lipinski definition) is 2. The standard InChI is InChI=1S/C16H18FNO/c1-12-9-15(17)7-8-16(12)18-10-13-3-5-14(6-4-13)11-19-2/h3-9,18H,10-11H2,1-2H3. The van der Waals surface area contributed by atoms with Crippen molar-refractivity contribution in [3.8, 4) is 0 Å². The third kappa shape index (κ3) is 3.80. The van der Waals surface area contributed by atoms with Gasteiger partial charge in [-0.15, -0.1) is 0 Å². The maximum absolute atomic E-state index is 13.0. The Hall–Kier alpha value is -1.87. The predicted molar refractivity (Wildman–Crippen MR) is 75.6 cm³/mol. The molecule has 2 rings (SSSR count). The summed E-state index contributed by atoms with van der Waals surface area (Å²) in [5, 5.41) is 3.31. The van der Waals surface area contributed by atoms with Gasteiger partial charge in [0.15, 0.2) is 0 Å². The van der Waals surface area contributed by atoms with Crippen LogP contribution in [0.2, 0.25) is 0 Å². The zero-order chi connectivity index (χ0) is 13.7. The minimum Gasteiger partial charge on any atom is -0.381 e. The van der Waals surface area contributed by atoms with E-state index in [-0.39, 0.29) is 5.82 Å². The number of hydrogen-bond donors (Lipinski definition) is 1. The van der Waals surface area contributed by atoms with Crippen LogP contribution in [-0.2, 0) is 17.9 Å². The van der Waals surface area contributed by atoms with E-state index in [1.165, 1.54) is 17.7 Å². The molecule has 2 aromatic carbocycles. The van der Waals surface area contributed by atoms with Crippen molar-refractivity contribution in [3.63, 3.8) is 0 Å². The van der Waals surface area contributed by atoms with E-state index in [0.29, 0.717) is 6.61 Å². The Labute approximate surface area is 113 Å². The smallest absolute Gasteiger partial charge is 0.123 e. The van der Waals surface area contributed by atoms with Gasteiger partial charge in [0.05, 0.1) is 6.61 Å². The molecule has 0 amide bonds. The van der Waals surface area contributed by atoms with Crippen molar-refractivity contribution in [2.24, 2.45) is 0 Å². The second kappa shape index (κ2) is 6.34. The molecule has 2 aromatic rings. The van der Waals surface area contributed by atoms with E-state index >= 15 is 0 Å². The molecule has 0 atom stereocenters. The Morgan fingerprint density at radius 1 is 1.05 bits per heavy atom. The van der Waals surface area contributed by atoms with Crippen molar-refractivity contribution < 1.29 is 9.13 Å². The molecule has 0 aliphatic heterocycles. The van der Waals surface area contributed by atoms with Crippen LogP contribution in [0.25, 0.3) is 0 Å². The lowest BCUT2D eigenvalue weighted by molar-refractivity contribution is 0.185. The summed E-state index contributed by atoms with van der Waals surface area (Å²) < 4.78 is 18.1. The van der Waals surface area contributed by atoms with Crippen LogP contribution >= 0.6 is 0 Å². The van der Waals surface area contributed by atoms with Gasteiger partial charge in [0.1, 0.15) is 5.82 Å². The highest BCUT2D eigenvalue weighted by molar-refractivity contribution is 5.50. The molecule has 2 nitrogen and oxygen atoms in total. The van der Waals surface area contributed by atoms with Crippen molar-refractivity contribution in [2.75, 3.05) is 12.4 Å².